The van der Waals surface area contributed by atoms with Gasteiger partial charge in [-0.3, -0.25) is 9.69 Å². The number of alkyl halides is 3. The fourth-order valence-electron chi connectivity index (χ4n) is 4.35. The van der Waals surface area contributed by atoms with E-state index in [1.807, 2.05) is 37.3 Å². The highest BCUT2D eigenvalue weighted by Gasteiger charge is 2.35. The van der Waals surface area contributed by atoms with Crippen molar-refractivity contribution in [2.75, 3.05) is 25.0 Å². The number of carbonyl (C=O) groups is 1. The van der Waals surface area contributed by atoms with Gasteiger partial charge in [0.2, 0.25) is 11.9 Å². The van der Waals surface area contributed by atoms with Gasteiger partial charge in [-0.25, -0.2) is 9.97 Å². The summed E-state index contributed by atoms with van der Waals surface area (Å²) in [7, 11) is 0. The van der Waals surface area contributed by atoms with Gasteiger partial charge in [0, 0.05) is 44.0 Å². The first kappa shape index (κ1) is 24.7. The van der Waals surface area contributed by atoms with Crippen LogP contribution in [0.1, 0.15) is 24.7 Å². The normalized spacial score (nSPS) is 16.9. The molecule has 1 fully saturated rings. The number of aryl methyl sites for hydroxylation is 1. The first-order valence-corrected chi connectivity index (χ1v) is 11.7. The Morgan fingerprint density at radius 2 is 2.05 bits per heavy atom. The molecule has 5 rings (SSSR count). The maximum absolute atomic E-state index is 12.6. The molecule has 13 heteroatoms. The second kappa shape index (κ2) is 9.81. The molecule has 0 radical (unpaired) electrons. The number of nitrogens with zero attached hydrogens (tertiary/aromatic N) is 6. The molecule has 0 aliphatic carbocycles. The number of hydrogen-bond donors (Lipinski definition) is 2. The van der Waals surface area contributed by atoms with Crippen molar-refractivity contribution in [2.24, 2.45) is 0 Å². The van der Waals surface area contributed by atoms with Crippen molar-refractivity contribution in [2.45, 2.75) is 39.0 Å². The molecule has 4 aromatic rings. The maximum Gasteiger partial charge on any atom is 0.397 e. The molecule has 10 nitrogen and oxygen atoms in total. The predicted molar refractivity (Wildman–Crippen MR) is 129 cm³/mol. The Morgan fingerprint density at radius 1 is 1.22 bits per heavy atom. The summed E-state index contributed by atoms with van der Waals surface area (Å²) in [5.41, 5.74) is 3.30. The standard InChI is InChI=1S/C24H25F3N8O2/c1-14-12-35(21(36)11-24(25,26)27)8-7-34(14)13-16-5-6-28-20(9-16)32-23-30-18-4-3-17(10-19(18)31-23)22-29-15(2)33-37-22/h3-6,9-10,14H,7-8,11-13H2,1-2H3,(H2,28,30,31,32)/t14-/m1/s1. The summed E-state index contributed by atoms with van der Waals surface area (Å²) >= 11 is 0. The summed E-state index contributed by atoms with van der Waals surface area (Å²) in [5, 5.41) is 7.00. The average molecular weight is 515 g/mol. The minimum absolute atomic E-state index is 0.0808. The number of hydrogen-bond acceptors (Lipinski definition) is 8. The lowest BCUT2D eigenvalue weighted by Crippen LogP contribution is -2.53. The molecule has 0 bridgehead atoms. The third kappa shape index (κ3) is 5.88. The number of carbonyl (C=O) groups excluding carboxylic acids is 1. The number of H-pyrrole nitrogens is 1. The molecule has 2 N–H and O–H groups in total. The number of benzene rings is 1. The first-order valence-electron chi connectivity index (χ1n) is 11.7. The zero-order chi connectivity index (χ0) is 26.2. The van der Waals surface area contributed by atoms with Gasteiger partial charge in [-0.2, -0.15) is 18.2 Å². The zero-order valence-corrected chi connectivity index (χ0v) is 20.2. The molecule has 1 atom stereocenters. The fourth-order valence-corrected chi connectivity index (χ4v) is 4.35. The van der Waals surface area contributed by atoms with Crippen LogP contribution in [-0.4, -0.2) is 72.7 Å². The summed E-state index contributed by atoms with van der Waals surface area (Å²) in [4.78, 5) is 31.8. The molecule has 4 heterocycles. The smallest absolute Gasteiger partial charge is 0.340 e. The SMILES string of the molecule is Cc1noc(-c2ccc3nc(Nc4cc(CN5CCN(C(=O)CC(F)(F)F)C[C@H]5C)ccn4)[nH]c3c2)n1. The van der Waals surface area contributed by atoms with Crippen molar-refractivity contribution < 1.29 is 22.5 Å². The minimum Gasteiger partial charge on any atom is -0.340 e. The number of halogens is 3. The summed E-state index contributed by atoms with van der Waals surface area (Å²) in [6.45, 7) is 5.25. The predicted octanol–water partition coefficient (Wildman–Crippen LogP) is 4.05. The van der Waals surface area contributed by atoms with Crippen LogP contribution < -0.4 is 5.32 Å². The monoisotopic (exact) mass is 514 g/mol. The topological polar surface area (TPSA) is 116 Å². The van der Waals surface area contributed by atoms with Gasteiger partial charge in [0.1, 0.15) is 12.2 Å². The molecule has 0 unspecified atom stereocenters. The Balaban J connectivity index is 1.23. The van der Waals surface area contributed by atoms with Crippen LogP contribution in [0.3, 0.4) is 0 Å². The molecule has 37 heavy (non-hydrogen) atoms. The number of nitrogens with one attached hydrogen (secondary N) is 2. The number of amides is 1. The lowest BCUT2D eigenvalue weighted by atomic mass is 10.1. The van der Waals surface area contributed by atoms with E-state index in [0.717, 1.165) is 22.2 Å². The number of anilines is 2. The summed E-state index contributed by atoms with van der Waals surface area (Å²) < 4.78 is 43.0. The molecule has 1 aromatic carbocycles. The lowest BCUT2D eigenvalue weighted by Gasteiger charge is -2.40. The molecule has 0 saturated carbocycles. The van der Waals surface area contributed by atoms with Crippen molar-refractivity contribution in [3.63, 3.8) is 0 Å². The van der Waals surface area contributed by atoms with Crippen molar-refractivity contribution in [1.29, 1.82) is 0 Å². The van der Waals surface area contributed by atoms with Crippen LogP contribution in [-0.2, 0) is 11.3 Å². The molecule has 1 amide bonds. The van der Waals surface area contributed by atoms with E-state index < -0.39 is 18.5 Å². The third-order valence-corrected chi connectivity index (χ3v) is 6.18. The number of piperazine rings is 1. The number of imidazole rings is 1. The van der Waals surface area contributed by atoms with Crippen molar-refractivity contribution in [1.82, 2.24) is 34.9 Å². The Kier molecular flexibility index (Phi) is 6.54. The summed E-state index contributed by atoms with van der Waals surface area (Å²) in [5.74, 6) is 1.22. The molecule has 3 aromatic heterocycles. The molecular formula is C24H25F3N8O2. The van der Waals surface area contributed by atoms with E-state index in [0.29, 0.717) is 36.6 Å². The van der Waals surface area contributed by atoms with Crippen molar-refractivity contribution >= 4 is 28.7 Å². The van der Waals surface area contributed by atoms with E-state index in [1.54, 1.807) is 13.1 Å². The van der Waals surface area contributed by atoms with E-state index >= 15 is 0 Å². The van der Waals surface area contributed by atoms with Gasteiger partial charge < -0.3 is 19.7 Å². The Morgan fingerprint density at radius 3 is 2.78 bits per heavy atom. The lowest BCUT2D eigenvalue weighted by molar-refractivity contribution is -0.163. The summed E-state index contributed by atoms with van der Waals surface area (Å²) in [6, 6.07) is 9.30. The van der Waals surface area contributed by atoms with Gasteiger partial charge in [0.25, 0.3) is 5.89 Å². The highest BCUT2D eigenvalue weighted by Crippen LogP contribution is 2.25. The van der Waals surface area contributed by atoms with E-state index in [9.17, 15) is 18.0 Å². The van der Waals surface area contributed by atoms with E-state index in [-0.39, 0.29) is 19.1 Å². The Hall–Kier alpha value is -4.00. The van der Waals surface area contributed by atoms with Crippen LogP contribution in [0.4, 0.5) is 24.9 Å². The van der Waals surface area contributed by atoms with Gasteiger partial charge >= 0.3 is 6.18 Å². The van der Waals surface area contributed by atoms with Gasteiger partial charge in [0.15, 0.2) is 5.82 Å². The van der Waals surface area contributed by atoms with E-state index in [1.165, 1.54) is 4.90 Å². The number of aromatic nitrogens is 5. The quantitative estimate of drug-likeness (QED) is 0.396. The fraction of sp³-hybridized carbons (Fsp3) is 0.375. The van der Waals surface area contributed by atoms with E-state index in [4.69, 9.17) is 4.52 Å². The molecule has 194 valence electrons. The Labute approximate surface area is 209 Å². The second-order valence-electron chi connectivity index (χ2n) is 9.09. The molecule has 1 aliphatic heterocycles. The van der Waals surface area contributed by atoms with Crippen LogP contribution in [0.5, 0.6) is 0 Å². The Bertz CT molecular complexity index is 1420. The van der Waals surface area contributed by atoms with Crippen molar-refractivity contribution in [3.05, 3.63) is 47.9 Å². The highest BCUT2D eigenvalue weighted by molar-refractivity contribution is 5.82. The van der Waals surface area contributed by atoms with Crippen LogP contribution in [0.25, 0.3) is 22.5 Å². The zero-order valence-electron chi connectivity index (χ0n) is 20.2. The highest BCUT2D eigenvalue weighted by atomic mass is 19.4. The maximum atomic E-state index is 12.6. The van der Waals surface area contributed by atoms with Gasteiger partial charge in [-0.05, 0) is 49.7 Å². The molecule has 1 saturated heterocycles. The van der Waals surface area contributed by atoms with Gasteiger partial charge in [0.05, 0.1) is 11.0 Å². The van der Waals surface area contributed by atoms with Crippen LogP contribution >= 0.6 is 0 Å². The van der Waals surface area contributed by atoms with Crippen LogP contribution in [0.2, 0.25) is 0 Å². The van der Waals surface area contributed by atoms with Crippen LogP contribution in [0.15, 0.2) is 41.1 Å². The van der Waals surface area contributed by atoms with Crippen molar-refractivity contribution in [3.8, 4) is 11.5 Å². The minimum atomic E-state index is -4.49. The first-order chi connectivity index (χ1) is 17.6. The molecule has 0 spiro atoms. The number of aromatic amines is 1. The molecule has 1 aliphatic rings. The average Bonchev–Trinajstić information content (AvgIpc) is 3.44. The van der Waals surface area contributed by atoms with Crippen LogP contribution in [0, 0.1) is 6.92 Å². The second-order valence-corrected chi connectivity index (χ2v) is 9.09. The van der Waals surface area contributed by atoms with E-state index in [2.05, 4.69) is 35.3 Å². The van der Waals surface area contributed by atoms with Gasteiger partial charge in [-0.15, -0.1) is 0 Å². The number of rotatable bonds is 6. The number of fused-ring (bicyclic) bond motifs is 1. The van der Waals surface area contributed by atoms with Gasteiger partial charge in [-0.1, -0.05) is 5.16 Å². The number of pyridine rings is 1. The summed E-state index contributed by atoms with van der Waals surface area (Å²) in [6.07, 6.45) is -4.23. The molecular weight excluding hydrogens is 489 g/mol. The largest absolute Gasteiger partial charge is 0.397 e. The third-order valence-electron chi connectivity index (χ3n) is 6.18.